The van der Waals surface area contributed by atoms with Crippen molar-refractivity contribution in [1.29, 1.82) is 0 Å². The van der Waals surface area contributed by atoms with Crippen molar-refractivity contribution in [1.82, 2.24) is 35.2 Å². The van der Waals surface area contributed by atoms with Crippen LogP contribution in [-0.4, -0.2) is 43.9 Å². The minimum atomic E-state index is -0.0961. The number of aromatic nitrogens is 3. The Hall–Kier alpha value is -3.59. The third kappa shape index (κ3) is 3.86. The first-order valence-corrected chi connectivity index (χ1v) is 12.1. The largest absolute Gasteiger partial charge is 0.370 e. The Morgan fingerprint density at radius 2 is 2.09 bits per heavy atom. The van der Waals surface area contributed by atoms with Crippen LogP contribution in [0.4, 0.5) is 5.82 Å². The van der Waals surface area contributed by atoms with Gasteiger partial charge >= 0.3 is 0 Å². The van der Waals surface area contributed by atoms with Crippen LogP contribution in [0.5, 0.6) is 0 Å². The van der Waals surface area contributed by atoms with E-state index in [1.54, 1.807) is 5.01 Å². The summed E-state index contributed by atoms with van der Waals surface area (Å²) in [5.74, 6) is 1.55. The third-order valence-corrected chi connectivity index (χ3v) is 6.86. The molecule has 0 spiro atoms. The molecule has 34 heavy (non-hydrogen) atoms. The van der Waals surface area contributed by atoms with Gasteiger partial charge in [0, 0.05) is 38.4 Å². The average Bonchev–Trinajstić information content (AvgIpc) is 3.32. The van der Waals surface area contributed by atoms with Crippen molar-refractivity contribution in [2.24, 2.45) is 0 Å². The monoisotopic (exact) mass is 458 g/mol. The molecule has 1 amide bonds. The van der Waals surface area contributed by atoms with Gasteiger partial charge in [0.25, 0.3) is 5.91 Å². The number of anilines is 1. The molecule has 9 nitrogen and oxygen atoms in total. The van der Waals surface area contributed by atoms with Crippen molar-refractivity contribution in [3.8, 4) is 0 Å². The van der Waals surface area contributed by atoms with E-state index in [1.807, 2.05) is 30.5 Å². The molecule has 1 unspecified atom stereocenters. The molecule has 176 valence electrons. The molecular formula is C25H30N8O. The van der Waals surface area contributed by atoms with Crippen LogP contribution in [0.25, 0.3) is 5.65 Å². The van der Waals surface area contributed by atoms with Gasteiger partial charge in [-0.1, -0.05) is 6.07 Å². The lowest BCUT2D eigenvalue weighted by atomic mass is 10.1. The molecule has 0 radical (unpaired) electrons. The second-order valence-corrected chi connectivity index (χ2v) is 9.36. The topological polar surface area (TPSA) is 89.8 Å². The summed E-state index contributed by atoms with van der Waals surface area (Å²) in [6, 6.07) is 6.28. The lowest BCUT2D eigenvalue weighted by Gasteiger charge is -2.21. The maximum Gasteiger partial charge on any atom is 0.271 e. The van der Waals surface area contributed by atoms with Crippen LogP contribution in [0.15, 0.2) is 48.7 Å². The number of likely N-dealkylation sites (N-methyl/N-ethyl adjacent to an activating group) is 1. The van der Waals surface area contributed by atoms with Crippen molar-refractivity contribution >= 4 is 17.4 Å². The zero-order chi connectivity index (χ0) is 23.2. The van der Waals surface area contributed by atoms with E-state index in [2.05, 4.69) is 57.0 Å². The normalized spacial score (nSPS) is 19.5. The Morgan fingerprint density at radius 1 is 1.21 bits per heavy atom. The van der Waals surface area contributed by atoms with Crippen molar-refractivity contribution in [2.45, 2.75) is 51.1 Å². The Bertz CT molecular complexity index is 1280. The van der Waals surface area contributed by atoms with E-state index in [0.717, 1.165) is 42.1 Å². The summed E-state index contributed by atoms with van der Waals surface area (Å²) < 4.78 is 2.11. The molecule has 3 N–H and O–H groups in total. The quantitative estimate of drug-likeness (QED) is 0.502. The predicted octanol–water partition coefficient (Wildman–Crippen LogP) is 2.85. The third-order valence-electron chi connectivity index (χ3n) is 6.86. The number of imidazole rings is 1. The van der Waals surface area contributed by atoms with E-state index in [1.165, 1.54) is 24.0 Å². The molecule has 1 atom stereocenters. The van der Waals surface area contributed by atoms with Gasteiger partial charge in [-0.3, -0.25) is 14.8 Å². The summed E-state index contributed by atoms with van der Waals surface area (Å²) in [7, 11) is 1.85. The van der Waals surface area contributed by atoms with Gasteiger partial charge in [0.15, 0.2) is 0 Å². The highest BCUT2D eigenvalue weighted by molar-refractivity contribution is 5.93. The van der Waals surface area contributed by atoms with E-state index in [4.69, 9.17) is 4.98 Å². The number of hydrogen-bond donors (Lipinski definition) is 3. The number of carbonyl (C=O) groups excluding carboxylic acids is 1. The summed E-state index contributed by atoms with van der Waals surface area (Å²) >= 11 is 0. The van der Waals surface area contributed by atoms with Gasteiger partial charge in [0.05, 0.1) is 18.3 Å². The van der Waals surface area contributed by atoms with Crippen molar-refractivity contribution < 1.29 is 4.79 Å². The van der Waals surface area contributed by atoms with Crippen LogP contribution < -0.4 is 16.2 Å². The Morgan fingerprint density at radius 3 is 2.91 bits per heavy atom. The molecular weight excluding hydrogens is 428 g/mol. The molecule has 6 rings (SSSR count). The number of fused-ring (bicyclic) bond motifs is 2. The number of nitrogens with one attached hydrogen (secondary N) is 3. The lowest BCUT2D eigenvalue weighted by molar-refractivity contribution is -0.119. The zero-order valence-electron chi connectivity index (χ0n) is 19.6. The number of pyridine rings is 2. The molecule has 0 aromatic carbocycles. The maximum atomic E-state index is 13.1. The van der Waals surface area contributed by atoms with Crippen LogP contribution in [0.2, 0.25) is 0 Å². The van der Waals surface area contributed by atoms with Gasteiger partial charge in [-0.15, -0.1) is 5.53 Å². The summed E-state index contributed by atoms with van der Waals surface area (Å²) in [5, 5.41) is 10.2. The number of hydrogen-bond acceptors (Lipinski definition) is 7. The van der Waals surface area contributed by atoms with E-state index in [9.17, 15) is 4.79 Å². The Balaban J connectivity index is 1.14. The molecule has 1 aliphatic heterocycles. The van der Waals surface area contributed by atoms with Gasteiger partial charge in [-0.25, -0.2) is 9.97 Å². The average molecular weight is 459 g/mol. The number of amides is 1. The number of carbonyl (C=O) groups is 1. The Kier molecular flexibility index (Phi) is 5.13. The van der Waals surface area contributed by atoms with Crippen molar-refractivity contribution in [2.75, 3.05) is 18.9 Å². The second kappa shape index (κ2) is 8.32. The van der Waals surface area contributed by atoms with Crippen molar-refractivity contribution in [3.63, 3.8) is 0 Å². The van der Waals surface area contributed by atoms with E-state index < -0.39 is 0 Å². The standard InChI is InChI=1S/C25H30N8O/c1-3-26-24-20-7-8-21(19(20)10-11-27-24)29-25(34)22-15-33(30-31(22)2)14-18-13-32-12-17(16-4-5-16)6-9-23(32)28-18/h6,9-13,15-16,21,30H,3-5,7-8,14H2,1-2H3,(H,26,27)(H,29,34). The predicted molar refractivity (Wildman–Crippen MR) is 129 cm³/mol. The SMILES string of the molecule is CCNc1nccc2c1CCC2NC(=O)C1=CN(Cc2cn3cc(C4CC4)ccc3n2)NN1C. The highest BCUT2D eigenvalue weighted by atomic mass is 16.2. The Labute approximate surface area is 198 Å². The van der Waals surface area contributed by atoms with E-state index >= 15 is 0 Å². The number of nitrogens with zero attached hydrogens (tertiary/aromatic N) is 5. The molecule has 9 heteroatoms. The smallest absolute Gasteiger partial charge is 0.271 e. The van der Waals surface area contributed by atoms with Crippen molar-refractivity contribution in [3.05, 3.63) is 71.1 Å². The summed E-state index contributed by atoms with van der Waals surface area (Å²) in [6.07, 6.45) is 12.3. The first kappa shape index (κ1) is 21.0. The molecule has 1 fully saturated rings. The number of rotatable bonds is 7. The van der Waals surface area contributed by atoms with Crippen LogP contribution in [0.3, 0.4) is 0 Å². The minimum Gasteiger partial charge on any atom is -0.370 e. The van der Waals surface area contributed by atoms with Crippen LogP contribution in [0.1, 0.15) is 60.5 Å². The van der Waals surface area contributed by atoms with E-state index in [-0.39, 0.29) is 11.9 Å². The molecule has 3 aromatic rings. The zero-order valence-corrected chi connectivity index (χ0v) is 19.6. The highest BCUT2D eigenvalue weighted by Gasteiger charge is 2.30. The molecule has 0 saturated heterocycles. The van der Waals surface area contributed by atoms with Crippen LogP contribution in [-0.2, 0) is 17.8 Å². The molecule has 4 heterocycles. The summed E-state index contributed by atoms with van der Waals surface area (Å²) in [6.45, 7) is 3.45. The summed E-state index contributed by atoms with van der Waals surface area (Å²) in [4.78, 5) is 22.3. The minimum absolute atomic E-state index is 0.00893. The second-order valence-electron chi connectivity index (χ2n) is 9.36. The highest BCUT2D eigenvalue weighted by Crippen LogP contribution is 2.40. The summed E-state index contributed by atoms with van der Waals surface area (Å²) in [5.41, 5.74) is 9.45. The fraction of sp³-hybridized carbons (Fsp3) is 0.400. The molecule has 3 aromatic heterocycles. The fourth-order valence-electron chi connectivity index (χ4n) is 5.01. The van der Waals surface area contributed by atoms with Gasteiger partial charge in [0.2, 0.25) is 0 Å². The lowest BCUT2D eigenvalue weighted by Crippen LogP contribution is -2.40. The molecule has 2 aliphatic carbocycles. The molecule has 3 aliphatic rings. The van der Waals surface area contributed by atoms with Crippen LogP contribution >= 0.6 is 0 Å². The van der Waals surface area contributed by atoms with Crippen LogP contribution in [0, 0.1) is 0 Å². The van der Waals surface area contributed by atoms with E-state index in [0.29, 0.717) is 18.2 Å². The van der Waals surface area contributed by atoms with Gasteiger partial charge in [-0.05, 0) is 67.3 Å². The first-order valence-electron chi connectivity index (χ1n) is 12.1. The molecule has 1 saturated carbocycles. The first-order chi connectivity index (χ1) is 16.6. The van der Waals surface area contributed by atoms with Gasteiger partial charge < -0.3 is 15.0 Å². The van der Waals surface area contributed by atoms with Gasteiger partial charge in [0.1, 0.15) is 17.2 Å². The fourth-order valence-corrected chi connectivity index (χ4v) is 5.01. The molecule has 0 bridgehead atoms. The maximum absolute atomic E-state index is 13.1. The van der Waals surface area contributed by atoms with Gasteiger partial charge in [-0.2, -0.15) is 0 Å². The number of hydrazine groups is 2.